The molecule has 2 heterocycles. The van der Waals surface area contributed by atoms with Crippen molar-refractivity contribution in [1.29, 1.82) is 0 Å². The summed E-state index contributed by atoms with van der Waals surface area (Å²) in [5.41, 5.74) is 1.10. The van der Waals surface area contributed by atoms with Gasteiger partial charge in [0.15, 0.2) is 15.7 Å². The van der Waals surface area contributed by atoms with Crippen molar-refractivity contribution >= 4 is 38.3 Å². The van der Waals surface area contributed by atoms with Gasteiger partial charge < -0.3 is 10.7 Å². The van der Waals surface area contributed by atoms with E-state index in [1.54, 1.807) is 4.90 Å². The highest BCUT2D eigenvalue weighted by Crippen LogP contribution is 2.25. The standard InChI is InChI=1S/C23H29N5O3S2/c1-3-16(2)27(19-11-12-33(30,31)15-19)22(29)14-32-23-26-25-21(28(23)24)13-18-9-6-8-17-7-4-5-10-20(17)18/h4-10,16,19H,3,11-15,24H2,1-2H3. The zero-order valence-electron chi connectivity index (χ0n) is 18.8. The number of hydrogen-bond donors (Lipinski definition) is 1. The molecule has 10 heteroatoms. The Kier molecular flexibility index (Phi) is 6.94. The second-order valence-electron chi connectivity index (χ2n) is 8.49. The highest BCUT2D eigenvalue weighted by atomic mass is 32.2. The molecule has 1 saturated heterocycles. The summed E-state index contributed by atoms with van der Waals surface area (Å²) in [7, 11) is -3.08. The van der Waals surface area contributed by atoms with Gasteiger partial charge in [0, 0.05) is 18.5 Å². The maximum atomic E-state index is 13.1. The van der Waals surface area contributed by atoms with E-state index < -0.39 is 9.84 Å². The van der Waals surface area contributed by atoms with E-state index in [0.717, 1.165) is 22.8 Å². The van der Waals surface area contributed by atoms with Crippen LogP contribution in [0.2, 0.25) is 0 Å². The molecular weight excluding hydrogens is 458 g/mol. The SMILES string of the molecule is CCC(C)N(C(=O)CSc1nnc(Cc2cccc3ccccc23)n1N)C1CCS(=O)(=O)C1. The van der Waals surface area contributed by atoms with Gasteiger partial charge in [-0.1, -0.05) is 61.2 Å². The van der Waals surface area contributed by atoms with Gasteiger partial charge in [-0.3, -0.25) is 4.79 Å². The quantitative estimate of drug-likeness (QED) is 0.384. The maximum Gasteiger partial charge on any atom is 0.233 e. The summed E-state index contributed by atoms with van der Waals surface area (Å²) < 4.78 is 25.4. The van der Waals surface area contributed by atoms with Crippen LogP contribution in [0.4, 0.5) is 0 Å². The number of nitrogens with two attached hydrogens (primary N) is 1. The van der Waals surface area contributed by atoms with Crippen LogP contribution in [0.15, 0.2) is 47.6 Å². The van der Waals surface area contributed by atoms with Crippen molar-refractivity contribution in [2.24, 2.45) is 0 Å². The van der Waals surface area contributed by atoms with E-state index in [1.165, 1.54) is 16.4 Å². The molecule has 0 aliphatic carbocycles. The van der Waals surface area contributed by atoms with Crippen LogP contribution < -0.4 is 5.84 Å². The fourth-order valence-electron chi connectivity index (χ4n) is 4.34. The van der Waals surface area contributed by atoms with Crippen molar-refractivity contribution in [3.8, 4) is 0 Å². The van der Waals surface area contributed by atoms with E-state index in [1.807, 2.05) is 38.1 Å². The molecule has 0 spiro atoms. The second kappa shape index (κ2) is 9.72. The molecule has 2 aromatic carbocycles. The second-order valence-corrected chi connectivity index (χ2v) is 11.7. The van der Waals surface area contributed by atoms with Crippen LogP contribution in [-0.4, -0.2) is 63.4 Å². The first kappa shape index (κ1) is 23.6. The lowest BCUT2D eigenvalue weighted by Crippen LogP contribution is -2.47. The van der Waals surface area contributed by atoms with Gasteiger partial charge in [-0.25, -0.2) is 13.1 Å². The van der Waals surface area contributed by atoms with Crippen molar-refractivity contribution < 1.29 is 13.2 Å². The number of benzene rings is 2. The number of carbonyl (C=O) groups is 1. The van der Waals surface area contributed by atoms with Crippen LogP contribution in [0, 0.1) is 0 Å². The minimum atomic E-state index is -3.08. The molecule has 176 valence electrons. The van der Waals surface area contributed by atoms with Gasteiger partial charge >= 0.3 is 0 Å². The smallest absolute Gasteiger partial charge is 0.233 e. The lowest BCUT2D eigenvalue weighted by Gasteiger charge is -2.33. The molecule has 1 aromatic heterocycles. The van der Waals surface area contributed by atoms with Crippen molar-refractivity contribution in [1.82, 2.24) is 19.8 Å². The van der Waals surface area contributed by atoms with E-state index in [4.69, 9.17) is 5.84 Å². The number of thioether (sulfide) groups is 1. The number of fused-ring (bicyclic) bond motifs is 1. The lowest BCUT2D eigenvalue weighted by atomic mass is 10.0. The van der Waals surface area contributed by atoms with Crippen LogP contribution >= 0.6 is 11.8 Å². The highest BCUT2D eigenvalue weighted by molar-refractivity contribution is 7.99. The summed E-state index contributed by atoms with van der Waals surface area (Å²) in [6.07, 6.45) is 1.78. The van der Waals surface area contributed by atoms with E-state index in [-0.39, 0.29) is 35.2 Å². The maximum absolute atomic E-state index is 13.1. The Morgan fingerprint density at radius 2 is 2.00 bits per heavy atom. The average Bonchev–Trinajstić information content (AvgIpc) is 3.33. The number of nitrogen functional groups attached to an aromatic ring is 1. The predicted octanol–water partition coefficient (Wildman–Crippen LogP) is 2.64. The number of amides is 1. The molecule has 2 atom stereocenters. The number of nitrogens with zero attached hydrogens (tertiary/aromatic N) is 4. The zero-order chi connectivity index (χ0) is 23.6. The third-order valence-electron chi connectivity index (χ3n) is 6.24. The van der Waals surface area contributed by atoms with Crippen LogP contribution in [0.1, 0.15) is 38.1 Å². The minimum absolute atomic E-state index is 0.0333. The Balaban J connectivity index is 1.46. The molecule has 2 N–H and O–H groups in total. The highest BCUT2D eigenvalue weighted by Gasteiger charge is 2.36. The van der Waals surface area contributed by atoms with Gasteiger partial charge in [-0.05, 0) is 36.1 Å². The Labute approximate surface area is 198 Å². The number of rotatable bonds is 8. The third kappa shape index (κ3) is 5.16. The van der Waals surface area contributed by atoms with Gasteiger partial charge in [0.2, 0.25) is 11.1 Å². The molecule has 0 saturated carbocycles. The van der Waals surface area contributed by atoms with Crippen molar-refractivity contribution in [2.45, 2.75) is 50.4 Å². The summed E-state index contributed by atoms with van der Waals surface area (Å²) in [6.45, 7) is 3.96. The molecule has 2 unspecified atom stereocenters. The average molecular weight is 488 g/mol. The van der Waals surface area contributed by atoms with Crippen molar-refractivity contribution in [3.05, 3.63) is 53.9 Å². The molecule has 0 bridgehead atoms. The van der Waals surface area contributed by atoms with Crippen molar-refractivity contribution in [3.63, 3.8) is 0 Å². The fourth-order valence-corrected chi connectivity index (χ4v) is 6.80. The largest absolute Gasteiger partial charge is 0.336 e. The Morgan fingerprint density at radius 1 is 1.24 bits per heavy atom. The topological polar surface area (TPSA) is 111 Å². The Morgan fingerprint density at radius 3 is 2.73 bits per heavy atom. The molecular formula is C23H29N5O3S2. The third-order valence-corrected chi connectivity index (χ3v) is 8.92. The molecule has 8 nitrogen and oxygen atoms in total. The van der Waals surface area contributed by atoms with Crippen LogP contribution in [0.5, 0.6) is 0 Å². The molecule has 1 amide bonds. The van der Waals surface area contributed by atoms with Crippen LogP contribution in [0.3, 0.4) is 0 Å². The molecule has 3 aromatic rings. The monoisotopic (exact) mass is 487 g/mol. The normalized spacial score (nSPS) is 18.4. The number of carbonyl (C=O) groups excluding carboxylic acids is 1. The van der Waals surface area contributed by atoms with Gasteiger partial charge in [0.25, 0.3) is 0 Å². The van der Waals surface area contributed by atoms with Crippen LogP contribution in [-0.2, 0) is 21.1 Å². The van der Waals surface area contributed by atoms with Gasteiger partial charge in [0.1, 0.15) is 0 Å². The van der Waals surface area contributed by atoms with E-state index in [9.17, 15) is 13.2 Å². The summed E-state index contributed by atoms with van der Waals surface area (Å²) in [5.74, 6) is 7.08. The molecule has 1 aliphatic rings. The summed E-state index contributed by atoms with van der Waals surface area (Å²) >= 11 is 1.23. The first-order chi connectivity index (χ1) is 15.8. The van der Waals surface area contributed by atoms with Gasteiger partial charge in [-0.2, -0.15) is 0 Å². The minimum Gasteiger partial charge on any atom is -0.336 e. The molecule has 1 aliphatic heterocycles. The fraction of sp³-hybridized carbons (Fsp3) is 0.435. The summed E-state index contributed by atoms with van der Waals surface area (Å²) in [5, 5.41) is 11.2. The molecule has 0 radical (unpaired) electrons. The Bertz CT molecular complexity index is 1250. The predicted molar refractivity (Wildman–Crippen MR) is 131 cm³/mol. The summed E-state index contributed by atoms with van der Waals surface area (Å²) in [4.78, 5) is 14.8. The number of aromatic nitrogens is 3. The molecule has 33 heavy (non-hydrogen) atoms. The van der Waals surface area contributed by atoms with Gasteiger partial charge in [-0.15, -0.1) is 10.2 Å². The first-order valence-electron chi connectivity index (χ1n) is 11.1. The first-order valence-corrected chi connectivity index (χ1v) is 13.9. The van der Waals surface area contributed by atoms with E-state index in [2.05, 4.69) is 28.4 Å². The Hall–Kier alpha value is -2.59. The zero-order valence-corrected chi connectivity index (χ0v) is 20.5. The number of hydrogen-bond acceptors (Lipinski definition) is 7. The van der Waals surface area contributed by atoms with E-state index in [0.29, 0.717) is 23.8 Å². The lowest BCUT2D eigenvalue weighted by molar-refractivity contribution is -0.132. The van der Waals surface area contributed by atoms with Gasteiger partial charge in [0.05, 0.1) is 17.3 Å². The summed E-state index contributed by atoms with van der Waals surface area (Å²) in [6, 6.07) is 14.0. The van der Waals surface area contributed by atoms with Crippen LogP contribution in [0.25, 0.3) is 10.8 Å². The molecule has 1 fully saturated rings. The number of sulfone groups is 1. The van der Waals surface area contributed by atoms with E-state index >= 15 is 0 Å². The molecule has 4 rings (SSSR count). The van der Waals surface area contributed by atoms with Crippen molar-refractivity contribution in [2.75, 3.05) is 23.1 Å².